The maximum atomic E-state index is 12.1. The predicted molar refractivity (Wildman–Crippen MR) is 81.8 cm³/mol. The van der Waals surface area contributed by atoms with E-state index in [0.29, 0.717) is 6.54 Å². The zero-order chi connectivity index (χ0) is 15.2. The van der Waals surface area contributed by atoms with E-state index in [4.69, 9.17) is 9.47 Å². The molecule has 0 bridgehead atoms. The van der Waals surface area contributed by atoms with E-state index >= 15 is 0 Å². The molecule has 21 heavy (non-hydrogen) atoms. The molecule has 1 heterocycles. The minimum absolute atomic E-state index is 0.0154. The van der Waals surface area contributed by atoms with Crippen molar-refractivity contribution in [1.82, 2.24) is 10.2 Å². The second-order valence-corrected chi connectivity index (χ2v) is 5.30. The van der Waals surface area contributed by atoms with Gasteiger partial charge in [0.2, 0.25) is 5.91 Å². The molecule has 1 N–H and O–H groups in total. The van der Waals surface area contributed by atoms with Crippen molar-refractivity contribution in [3.05, 3.63) is 23.8 Å². The monoisotopic (exact) mass is 292 g/mol. The fraction of sp³-hybridized carbons (Fsp3) is 0.562. The summed E-state index contributed by atoms with van der Waals surface area (Å²) < 4.78 is 10.6. The average Bonchev–Trinajstić information content (AvgIpc) is 3.06. The van der Waals surface area contributed by atoms with Gasteiger partial charge >= 0.3 is 0 Å². The Kier molecular flexibility index (Phi) is 5.44. The van der Waals surface area contributed by atoms with Crippen molar-refractivity contribution < 1.29 is 14.3 Å². The number of nitrogens with one attached hydrogen (secondary N) is 1. The van der Waals surface area contributed by atoms with Gasteiger partial charge in [-0.1, -0.05) is 0 Å². The number of likely N-dealkylation sites (tertiary alicyclic amines) is 1. The molecule has 0 aromatic heterocycles. The van der Waals surface area contributed by atoms with E-state index in [1.807, 2.05) is 30.0 Å². The van der Waals surface area contributed by atoms with Crippen molar-refractivity contribution in [3.63, 3.8) is 0 Å². The number of carbonyl (C=O) groups is 1. The molecule has 116 valence electrons. The summed E-state index contributed by atoms with van der Waals surface area (Å²) in [4.78, 5) is 14.0. The lowest BCUT2D eigenvalue weighted by Crippen LogP contribution is -2.37. The van der Waals surface area contributed by atoms with Gasteiger partial charge in [0.05, 0.1) is 20.8 Å². The van der Waals surface area contributed by atoms with Crippen LogP contribution in [0, 0.1) is 0 Å². The summed E-state index contributed by atoms with van der Waals surface area (Å²) >= 11 is 0. The SMILES string of the molecule is COc1ccc(OC)c(C(C)NCC(=O)N2CCCC2)c1. The Balaban J connectivity index is 1.98. The quantitative estimate of drug-likeness (QED) is 0.871. The summed E-state index contributed by atoms with van der Waals surface area (Å²) in [7, 11) is 3.29. The fourth-order valence-corrected chi connectivity index (χ4v) is 2.61. The first-order chi connectivity index (χ1) is 10.2. The first kappa shape index (κ1) is 15.6. The predicted octanol–water partition coefficient (Wildman–Crippen LogP) is 1.98. The van der Waals surface area contributed by atoms with Gasteiger partial charge in [-0.3, -0.25) is 4.79 Å². The van der Waals surface area contributed by atoms with Crippen LogP contribution < -0.4 is 14.8 Å². The normalized spacial score (nSPS) is 15.9. The highest BCUT2D eigenvalue weighted by Gasteiger charge is 2.19. The fourth-order valence-electron chi connectivity index (χ4n) is 2.61. The van der Waals surface area contributed by atoms with Crippen molar-refractivity contribution >= 4 is 5.91 Å². The highest BCUT2D eigenvalue weighted by molar-refractivity contribution is 5.78. The Labute approximate surface area is 126 Å². The van der Waals surface area contributed by atoms with Crippen LogP contribution >= 0.6 is 0 Å². The molecule has 1 aromatic rings. The van der Waals surface area contributed by atoms with Crippen LogP contribution in [0.3, 0.4) is 0 Å². The van der Waals surface area contributed by atoms with Gasteiger partial charge in [-0.25, -0.2) is 0 Å². The van der Waals surface area contributed by atoms with E-state index in [1.54, 1.807) is 14.2 Å². The topological polar surface area (TPSA) is 50.8 Å². The summed E-state index contributed by atoms with van der Waals surface area (Å²) in [5.74, 6) is 1.75. The summed E-state index contributed by atoms with van der Waals surface area (Å²) in [5.41, 5.74) is 0.992. The van der Waals surface area contributed by atoms with Crippen molar-refractivity contribution in [2.45, 2.75) is 25.8 Å². The Bertz CT molecular complexity index is 484. The van der Waals surface area contributed by atoms with Gasteiger partial charge in [0, 0.05) is 24.7 Å². The molecule has 0 spiro atoms. The highest BCUT2D eigenvalue weighted by atomic mass is 16.5. The molecular formula is C16H24N2O3. The first-order valence-corrected chi connectivity index (χ1v) is 7.38. The molecule has 1 aliphatic rings. The van der Waals surface area contributed by atoms with Crippen LogP contribution in [0.5, 0.6) is 11.5 Å². The third-order valence-corrected chi connectivity index (χ3v) is 3.92. The summed E-state index contributed by atoms with van der Waals surface area (Å²) in [6, 6.07) is 5.71. The van der Waals surface area contributed by atoms with Gasteiger partial charge in [-0.05, 0) is 38.0 Å². The molecule has 1 aliphatic heterocycles. The Morgan fingerprint density at radius 2 is 2.00 bits per heavy atom. The zero-order valence-electron chi connectivity index (χ0n) is 13.0. The molecule has 1 unspecified atom stereocenters. The third-order valence-electron chi connectivity index (χ3n) is 3.92. The summed E-state index contributed by atoms with van der Waals surface area (Å²) in [6.07, 6.45) is 2.23. The molecule has 0 aliphatic carbocycles. The van der Waals surface area contributed by atoms with Crippen LogP contribution in [-0.2, 0) is 4.79 Å². The third kappa shape index (κ3) is 3.88. The molecular weight excluding hydrogens is 268 g/mol. The van der Waals surface area contributed by atoms with E-state index in [2.05, 4.69) is 5.32 Å². The second-order valence-electron chi connectivity index (χ2n) is 5.30. The second kappa shape index (κ2) is 7.31. The number of hydrogen-bond donors (Lipinski definition) is 1. The Morgan fingerprint density at radius 3 is 2.62 bits per heavy atom. The number of nitrogens with zero attached hydrogens (tertiary/aromatic N) is 1. The molecule has 1 fully saturated rings. The van der Waals surface area contributed by atoms with Crippen LogP contribution in [0.2, 0.25) is 0 Å². The lowest BCUT2D eigenvalue weighted by atomic mass is 10.1. The number of benzene rings is 1. The Morgan fingerprint density at radius 1 is 1.29 bits per heavy atom. The van der Waals surface area contributed by atoms with Gasteiger partial charge in [0.25, 0.3) is 0 Å². The summed E-state index contributed by atoms with van der Waals surface area (Å²) in [6.45, 7) is 4.14. The van der Waals surface area contributed by atoms with E-state index < -0.39 is 0 Å². The number of carbonyl (C=O) groups excluding carboxylic acids is 1. The van der Waals surface area contributed by atoms with Crippen molar-refractivity contribution in [1.29, 1.82) is 0 Å². The molecule has 1 atom stereocenters. The van der Waals surface area contributed by atoms with Gasteiger partial charge in [0.15, 0.2) is 0 Å². The largest absolute Gasteiger partial charge is 0.497 e. The number of rotatable bonds is 6. The minimum Gasteiger partial charge on any atom is -0.497 e. The molecule has 5 nitrogen and oxygen atoms in total. The molecule has 5 heteroatoms. The zero-order valence-corrected chi connectivity index (χ0v) is 13.0. The lowest BCUT2D eigenvalue weighted by molar-refractivity contribution is -0.129. The van der Waals surface area contributed by atoms with Gasteiger partial charge < -0.3 is 19.7 Å². The lowest BCUT2D eigenvalue weighted by Gasteiger charge is -2.20. The summed E-state index contributed by atoms with van der Waals surface area (Å²) in [5, 5.41) is 3.27. The smallest absolute Gasteiger partial charge is 0.236 e. The molecule has 0 radical (unpaired) electrons. The van der Waals surface area contributed by atoms with Crippen molar-refractivity contribution in [2.75, 3.05) is 33.9 Å². The van der Waals surface area contributed by atoms with E-state index in [0.717, 1.165) is 43.0 Å². The van der Waals surface area contributed by atoms with Crippen LogP contribution in [0.1, 0.15) is 31.4 Å². The van der Waals surface area contributed by atoms with Crippen molar-refractivity contribution in [2.24, 2.45) is 0 Å². The molecule has 2 rings (SSSR count). The first-order valence-electron chi connectivity index (χ1n) is 7.38. The molecule has 0 saturated carbocycles. The average molecular weight is 292 g/mol. The van der Waals surface area contributed by atoms with Crippen LogP contribution in [0.4, 0.5) is 0 Å². The number of hydrogen-bond acceptors (Lipinski definition) is 4. The standard InChI is InChI=1S/C16H24N2O3/c1-12(17-11-16(19)18-8-4-5-9-18)14-10-13(20-2)6-7-15(14)21-3/h6-7,10,12,17H,4-5,8-9,11H2,1-3H3. The van der Waals surface area contributed by atoms with Crippen LogP contribution in [0.25, 0.3) is 0 Å². The van der Waals surface area contributed by atoms with Gasteiger partial charge in [-0.15, -0.1) is 0 Å². The number of ether oxygens (including phenoxy) is 2. The maximum Gasteiger partial charge on any atom is 0.236 e. The van der Waals surface area contributed by atoms with E-state index in [1.165, 1.54) is 0 Å². The highest BCUT2D eigenvalue weighted by Crippen LogP contribution is 2.29. The molecule has 1 amide bonds. The van der Waals surface area contributed by atoms with Gasteiger partial charge in [0.1, 0.15) is 11.5 Å². The van der Waals surface area contributed by atoms with E-state index in [-0.39, 0.29) is 11.9 Å². The maximum absolute atomic E-state index is 12.1. The number of amides is 1. The minimum atomic E-state index is 0.0154. The molecule has 1 saturated heterocycles. The van der Waals surface area contributed by atoms with Crippen LogP contribution in [-0.4, -0.2) is 44.7 Å². The Hall–Kier alpha value is -1.75. The van der Waals surface area contributed by atoms with Gasteiger partial charge in [-0.2, -0.15) is 0 Å². The molecule has 1 aromatic carbocycles. The van der Waals surface area contributed by atoms with Crippen molar-refractivity contribution in [3.8, 4) is 11.5 Å². The van der Waals surface area contributed by atoms with E-state index in [9.17, 15) is 4.79 Å². The number of methoxy groups -OCH3 is 2. The van der Waals surface area contributed by atoms with Crippen LogP contribution in [0.15, 0.2) is 18.2 Å².